The van der Waals surface area contributed by atoms with Crippen LogP contribution in [0.3, 0.4) is 0 Å². The number of aromatic nitrogens is 2. The van der Waals surface area contributed by atoms with Crippen molar-refractivity contribution in [2.75, 3.05) is 6.54 Å². The number of amides is 1. The number of nitrogens with zero attached hydrogens (tertiary/aromatic N) is 2. The molecule has 0 aliphatic carbocycles. The Bertz CT molecular complexity index is 796. The molecule has 10 N–H and O–H groups in total. The van der Waals surface area contributed by atoms with Gasteiger partial charge in [0.15, 0.2) is 5.82 Å². The Hall–Kier alpha value is -2.61. The monoisotopic (exact) mass is 479 g/mol. The number of hydrogen-bond donors (Lipinski definition) is 7. The standard InChI is InChI=1S/C12H24N6O6S.C3H7NO.C2H2/c1-7(19)10(12(20)21)18-25(22,23)15-6-9-16-11(17-24-9)8(14)4-2-3-5-13;1-2-3(4)5;1-2/h7-8,10,15,18-19H,2-6,13-14H2,1H3,(H,20,21);2H2,1H3,(H2,4,5);1-2H/t7?,8-,10?;;/m0../s1. The maximum absolute atomic E-state index is 11.8. The van der Waals surface area contributed by atoms with E-state index < -0.39 is 34.4 Å². The third-order valence-corrected chi connectivity index (χ3v) is 4.67. The molecule has 3 atom stereocenters. The lowest BCUT2D eigenvalue weighted by Crippen LogP contribution is -2.51. The van der Waals surface area contributed by atoms with Crippen LogP contribution < -0.4 is 26.6 Å². The molecule has 0 aromatic carbocycles. The average Bonchev–Trinajstić information content (AvgIpc) is 3.21. The van der Waals surface area contributed by atoms with E-state index in [1.54, 1.807) is 6.92 Å². The van der Waals surface area contributed by atoms with E-state index >= 15 is 0 Å². The van der Waals surface area contributed by atoms with Crippen molar-refractivity contribution in [1.82, 2.24) is 19.6 Å². The molecule has 1 aromatic rings. The number of aliphatic carboxylic acids is 1. The summed E-state index contributed by atoms with van der Waals surface area (Å²) >= 11 is 0. The molecule has 0 aliphatic heterocycles. The summed E-state index contributed by atoms with van der Waals surface area (Å²) in [6, 6.07) is -2.14. The number of terminal acetylenes is 1. The summed E-state index contributed by atoms with van der Waals surface area (Å²) in [6.45, 7) is 3.08. The number of nitrogens with two attached hydrogens (primary N) is 3. The zero-order valence-electron chi connectivity index (χ0n) is 18.1. The third kappa shape index (κ3) is 14.4. The Kier molecular flexibility index (Phi) is 16.8. The lowest BCUT2D eigenvalue weighted by atomic mass is 10.1. The average molecular weight is 480 g/mol. The minimum Gasteiger partial charge on any atom is -0.480 e. The van der Waals surface area contributed by atoms with Crippen molar-refractivity contribution in [1.29, 1.82) is 0 Å². The Labute approximate surface area is 187 Å². The summed E-state index contributed by atoms with van der Waals surface area (Å²) < 4.78 is 32.4. The number of aliphatic hydroxyl groups excluding tert-OH is 1. The first-order valence-electron chi connectivity index (χ1n) is 9.51. The molecular weight excluding hydrogens is 446 g/mol. The first-order chi connectivity index (χ1) is 14.9. The number of carboxylic acids is 1. The fourth-order valence-corrected chi connectivity index (χ4v) is 2.88. The third-order valence-electron chi connectivity index (χ3n) is 3.58. The van der Waals surface area contributed by atoms with E-state index in [1.165, 1.54) is 0 Å². The summed E-state index contributed by atoms with van der Waals surface area (Å²) in [6.07, 6.45) is 9.25. The second-order valence-corrected chi connectivity index (χ2v) is 7.79. The van der Waals surface area contributed by atoms with Gasteiger partial charge in [0.2, 0.25) is 11.8 Å². The smallest absolute Gasteiger partial charge is 0.324 e. The molecule has 0 aliphatic rings. The second kappa shape index (κ2) is 17.0. The van der Waals surface area contributed by atoms with Crippen molar-refractivity contribution < 1.29 is 32.7 Å². The molecule has 1 aromatic heterocycles. The van der Waals surface area contributed by atoms with Crippen molar-refractivity contribution in [3.05, 3.63) is 11.7 Å². The SMILES string of the molecule is C#C.CC(O)C(NS(=O)(=O)NCc1nc([C@@H](N)CCCCN)no1)C(=O)O.CCC(N)=O. The van der Waals surface area contributed by atoms with Crippen LogP contribution in [0.1, 0.15) is 57.3 Å². The van der Waals surface area contributed by atoms with Crippen LogP contribution >= 0.6 is 0 Å². The predicted molar refractivity (Wildman–Crippen MR) is 116 cm³/mol. The summed E-state index contributed by atoms with van der Waals surface area (Å²) in [4.78, 5) is 24.5. The van der Waals surface area contributed by atoms with Gasteiger partial charge in [-0.15, -0.1) is 12.8 Å². The molecule has 0 saturated heterocycles. The number of carbonyl (C=O) groups is 2. The van der Waals surface area contributed by atoms with E-state index in [2.05, 4.69) is 33.4 Å². The van der Waals surface area contributed by atoms with Gasteiger partial charge in [-0.05, 0) is 26.3 Å². The molecule has 1 rings (SSSR count). The number of nitrogens with one attached hydrogen (secondary N) is 2. The van der Waals surface area contributed by atoms with E-state index in [9.17, 15) is 23.1 Å². The molecule has 1 amide bonds. The number of rotatable bonds is 13. The van der Waals surface area contributed by atoms with E-state index in [0.29, 0.717) is 19.4 Å². The van der Waals surface area contributed by atoms with Gasteiger partial charge in [0, 0.05) is 6.42 Å². The maximum atomic E-state index is 11.8. The molecule has 0 spiro atoms. The topological polar surface area (TPSA) is 250 Å². The molecular formula is C17H33N7O7S. The molecule has 0 bridgehead atoms. The van der Waals surface area contributed by atoms with Crippen LogP contribution in [-0.2, 0) is 26.3 Å². The number of primary amides is 1. The predicted octanol–water partition coefficient (Wildman–Crippen LogP) is -1.91. The van der Waals surface area contributed by atoms with Crippen LogP contribution in [0, 0.1) is 12.8 Å². The van der Waals surface area contributed by atoms with Crippen molar-refractivity contribution in [2.24, 2.45) is 17.2 Å². The molecule has 2 unspecified atom stereocenters. The van der Waals surface area contributed by atoms with Crippen LogP contribution in [0.4, 0.5) is 0 Å². The van der Waals surface area contributed by atoms with Crippen LogP contribution in [0.5, 0.6) is 0 Å². The number of aliphatic hydroxyl groups is 1. The lowest BCUT2D eigenvalue weighted by molar-refractivity contribution is -0.141. The molecule has 32 heavy (non-hydrogen) atoms. The zero-order chi connectivity index (χ0) is 25.3. The number of carbonyl (C=O) groups excluding carboxylic acids is 1. The van der Waals surface area contributed by atoms with Gasteiger partial charge >= 0.3 is 5.97 Å². The molecule has 15 heteroatoms. The van der Waals surface area contributed by atoms with Gasteiger partial charge in [-0.25, -0.2) is 0 Å². The van der Waals surface area contributed by atoms with Gasteiger partial charge in [0.1, 0.15) is 6.04 Å². The molecule has 0 saturated carbocycles. The minimum atomic E-state index is -4.21. The van der Waals surface area contributed by atoms with Gasteiger partial charge in [0.25, 0.3) is 10.2 Å². The maximum Gasteiger partial charge on any atom is 0.324 e. The number of hydrogen-bond acceptors (Lipinski definition) is 10. The summed E-state index contributed by atoms with van der Waals surface area (Å²) in [5, 5.41) is 21.8. The molecule has 14 nitrogen and oxygen atoms in total. The Morgan fingerprint density at radius 3 is 2.28 bits per heavy atom. The highest BCUT2D eigenvalue weighted by molar-refractivity contribution is 7.87. The van der Waals surface area contributed by atoms with Gasteiger partial charge in [-0.2, -0.15) is 22.8 Å². The first kappa shape index (κ1) is 31.6. The van der Waals surface area contributed by atoms with Crippen molar-refractivity contribution in [3.63, 3.8) is 0 Å². The molecule has 0 fully saturated rings. The molecule has 1 heterocycles. The van der Waals surface area contributed by atoms with Crippen LogP contribution in [0.15, 0.2) is 4.52 Å². The largest absolute Gasteiger partial charge is 0.480 e. The number of unbranched alkanes of at least 4 members (excludes halogenated alkanes) is 1. The van der Waals surface area contributed by atoms with Crippen molar-refractivity contribution in [3.8, 4) is 12.8 Å². The molecule has 184 valence electrons. The van der Waals surface area contributed by atoms with Crippen molar-refractivity contribution in [2.45, 2.75) is 64.3 Å². The van der Waals surface area contributed by atoms with E-state index in [1.807, 2.05) is 4.72 Å². The van der Waals surface area contributed by atoms with E-state index in [-0.39, 0.29) is 24.2 Å². The van der Waals surface area contributed by atoms with Crippen molar-refractivity contribution >= 4 is 22.1 Å². The fraction of sp³-hybridized carbons (Fsp3) is 0.647. The van der Waals surface area contributed by atoms with Gasteiger partial charge in [-0.3, -0.25) is 9.59 Å². The Morgan fingerprint density at radius 1 is 1.28 bits per heavy atom. The minimum absolute atomic E-state index is 0.0291. The summed E-state index contributed by atoms with van der Waals surface area (Å²) in [7, 11) is -4.21. The van der Waals surface area contributed by atoms with Gasteiger partial charge in [0.05, 0.1) is 18.7 Å². The Morgan fingerprint density at radius 2 is 1.84 bits per heavy atom. The van der Waals surface area contributed by atoms with E-state index in [0.717, 1.165) is 19.8 Å². The van der Waals surface area contributed by atoms with Crippen LogP contribution in [0.2, 0.25) is 0 Å². The highest BCUT2D eigenvalue weighted by Crippen LogP contribution is 2.13. The van der Waals surface area contributed by atoms with E-state index in [4.69, 9.17) is 21.1 Å². The number of carboxylic acid groups (broad SMARTS) is 1. The zero-order valence-corrected chi connectivity index (χ0v) is 18.9. The van der Waals surface area contributed by atoms with Crippen LogP contribution in [-0.4, -0.2) is 59.3 Å². The lowest BCUT2D eigenvalue weighted by Gasteiger charge is -2.16. The Balaban J connectivity index is 0. The quantitative estimate of drug-likeness (QED) is 0.121. The highest BCUT2D eigenvalue weighted by atomic mass is 32.2. The fourth-order valence-electron chi connectivity index (χ4n) is 1.85. The summed E-state index contributed by atoms with van der Waals surface area (Å²) in [5.41, 5.74) is 15.9. The van der Waals surface area contributed by atoms with Gasteiger partial charge in [-0.1, -0.05) is 18.5 Å². The van der Waals surface area contributed by atoms with Crippen LogP contribution in [0.25, 0.3) is 0 Å². The normalized spacial score (nSPS) is 13.5. The first-order valence-corrected chi connectivity index (χ1v) is 11.0. The molecule has 0 radical (unpaired) electrons. The highest BCUT2D eigenvalue weighted by Gasteiger charge is 2.28. The second-order valence-electron chi connectivity index (χ2n) is 6.26. The van der Waals surface area contributed by atoms with Gasteiger partial charge < -0.3 is 31.9 Å². The summed E-state index contributed by atoms with van der Waals surface area (Å²) in [5.74, 6) is -1.54.